The van der Waals surface area contributed by atoms with E-state index in [-0.39, 0.29) is 0 Å². The fourth-order valence-electron chi connectivity index (χ4n) is 0.910. The Morgan fingerprint density at radius 3 is 2.50 bits per heavy atom. The molecule has 0 aromatic carbocycles. The van der Waals surface area contributed by atoms with Gasteiger partial charge < -0.3 is 4.90 Å². The van der Waals surface area contributed by atoms with Crippen LogP contribution in [0.25, 0.3) is 0 Å². The molecule has 0 aromatic rings. The molecule has 0 saturated carbocycles. The van der Waals surface area contributed by atoms with E-state index in [1.165, 1.54) is 11.8 Å². The number of nitrogens with zero attached hydrogens (tertiary/aromatic N) is 1. The van der Waals surface area contributed by atoms with Gasteiger partial charge in [0.2, 0.25) is 0 Å². The summed E-state index contributed by atoms with van der Waals surface area (Å²) in [6.07, 6.45) is 5.16. The molecule has 18 heavy (non-hydrogen) atoms. The van der Waals surface area contributed by atoms with Crippen LogP contribution in [0, 0.1) is 10.2 Å². The minimum absolute atomic E-state index is 0.424. The molecule has 1 unspecified atom stereocenters. The Bertz CT molecular complexity index is 417. The monoisotopic (exact) mass is 351 g/mol. The summed E-state index contributed by atoms with van der Waals surface area (Å²) < 4.78 is 37.1. The molecule has 0 radical (unpaired) electrons. The Kier molecular flexibility index (Phi) is 6.36. The zero-order valence-electron chi connectivity index (χ0n) is 9.72. The molecule has 1 heterocycles. The lowest BCUT2D eigenvalue weighted by atomic mass is 10.4. The van der Waals surface area contributed by atoms with Gasteiger partial charge in [0, 0.05) is 14.1 Å². The zero-order chi connectivity index (χ0) is 13.9. The van der Waals surface area contributed by atoms with E-state index < -0.39 is 20.0 Å². The SMILES string of the molecule is CSC1=C(Cl)C(/C=C\N(C)C)=S(O[Cl+3]([O-])([O-])[O-])S1. The summed E-state index contributed by atoms with van der Waals surface area (Å²) in [6, 6.07) is 0. The van der Waals surface area contributed by atoms with Crippen molar-refractivity contribution in [3.8, 4) is 0 Å². The van der Waals surface area contributed by atoms with Crippen LogP contribution >= 0.6 is 44.0 Å². The van der Waals surface area contributed by atoms with Gasteiger partial charge in [0.05, 0.1) is 24.4 Å². The van der Waals surface area contributed by atoms with Crippen LogP contribution in [0.15, 0.2) is 21.5 Å². The maximum absolute atomic E-state index is 10.6. The first-order valence-corrected chi connectivity index (χ1v) is 9.76. The second kappa shape index (κ2) is 6.87. The molecular weight excluding hydrogens is 341 g/mol. The van der Waals surface area contributed by atoms with Gasteiger partial charge in [-0.25, -0.2) is 0 Å². The molecule has 1 atom stereocenters. The Balaban J connectivity index is 3.03. The van der Waals surface area contributed by atoms with Crippen LogP contribution in [-0.2, 0) is 3.74 Å². The largest absolute Gasteiger partial charge is 0.383 e. The third kappa shape index (κ3) is 4.95. The van der Waals surface area contributed by atoms with Crippen LogP contribution in [0.4, 0.5) is 0 Å². The van der Waals surface area contributed by atoms with Crippen molar-refractivity contribution in [2.24, 2.45) is 0 Å². The molecule has 5 nitrogen and oxygen atoms in total. The second-order valence-electron chi connectivity index (χ2n) is 3.21. The lowest BCUT2D eigenvalue weighted by Gasteiger charge is -2.12. The molecule has 0 spiro atoms. The van der Waals surface area contributed by atoms with E-state index in [9.17, 15) is 14.0 Å². The molecule has 0 N–H and O–H groups in total. The molecule has 1 aliphatic rings. The summed E-state index contributed by atoms with van der Waals surface area (Å²) in [6.45, 7) is 0. The quantitative estimate of drug-likeness (QED) is 0.384. The van der Waals surface area contributed by atoms with Gasteiger partial charge in [-0.2, -0.15) is 14.0 Å². The van der Waals surface area contributed by atoms with E-state index in [2.05, 4.69) is 3.74 Å². The highest BCUT2D eigenvalue weighted by Crippen LogP contribution is 2.53. The van der Waals surface area contributed by atoms with E-state index in [0.717, 1.165) is 15.0 Å². The van der Waals surface area contributed by atoms with Crippen molar-refractivity contribution < 1.29 is 28.0 Å². The first kappa shape index (κ1) is 16.7. The van der Waals surface area contributed by atoms with Crippen LogP contribution in [0.3, 0.4) is 0 Å². The molecule has 0 saturated heterocycles. The number of hydrogen-bond donors (Lipinski definition) is 0. The maximum atomic E-state index is 10.6. The van der Waals surface area contributed by atoms with E-state index in [4.69, 9.17) is 11.6 Å². The molecule has 0 bridgehead atoms. The minimum atomic E-state index is -4.48. The highest BCUT2D eigenvalue weighted by atomic mass is 35.7. The molecule has 0 amide bonds. The molecule has 0 aliphatic carbocycles. The fourth-order valence-corrected chi connectivity index (χ4v) is 7.58. The first-order chi connectivity index (χ1) is 8.24. The standard InChI is InChI=1S/C8H11Cl2NO4S3/c1-11(2)5-4-6-7(9)8(16-3)17-18(6)15-10(12,13)14/h4-5H,1-3H3/b5-4-. The lowest BCUT2D eigenvalue weighted by Crippen LogP contribution is -2.60. The Morgan fingerprint density at radius 1 is 1.44 bits per heavy atom. The molecule has 104 valence electrons. The van der Waals surface area contributed by atoms with E-state index in [1.54, 1.807) is 17.2 Å². The van der Waals surface area contributed by atoms with Crippen molar-refractivity contribution in [3.05, 3.63) is 21.5 Å². The highest BCUT2D eigenvalue weighted by Gasteiger charge is 2.33. The van der Waals surface area contributed by atoms with Gasteiger partial charge in [0.1, 0.15) is 3.74 Å². The van der Waals surface area contributed by atoms with Crippen LogP contribution in [-0.4, -0.2) is 30.1 Å². The topological polar surface area (TPSA) is 81.7 Å². The fraction of sp³-hybridized carbons (Fsp3) is 0.375. The van der Waals surface area contributed by atoms with Gasteiger partial charge in [-0.3, -0.25) is 0 Å². The van der Waals surface area contributed by atoms with E-state index in [0.29, 0.717) is 9.90 Å². The number of hydrogen-bond acceptors (Lipinski definition) is 7. The van der Waals surface area contributed by atoms with Crippen molar-refractivity contribution >= 4 is 48.8 Å². The number of rotatable bonds is 5. The predicted octanol–water partition coefficient (Wildman–Crippen LogP) is -0.235. The predicted molar refractivity (Wildman–Crippen MR) is 70.5 cm³/mol. The second-order valence-corrected chi connectivity index (χ2v) is 8.81. The average molecular weight is 352 g/mol. The number of halogens is 2. The van der Waals surface area contributed by atoms with E-state index >= 15 is 0 Å². The number of allylic oxidation sites excluding steroid dienone is 2. The van der Waals surface area contributed by atoms with Gasteiger partial charge in [0.25, 0.3) is 0 Å². The summed E-state index contributed by atoms with van der Waals surface area (Å²) in [4.78, 5) is 2.26. The maximum Gasteiger partial charge on any atom is 0.181 e. The first-order valence-electron chi connectivity index (χ1n) is 4.43. The molecule has 10 heteroatoms. The number of thioether (sulfide) groups is 1. The van der Waals surface area contributed by atoms with Crippen LogP contribution in [0.5, 0.6) is 0 Å². The van der Waals surface area contributed by atoms with Crippen LogP contribution in [0.1, 0.15) is 0 Å². The summed E-state index contributed by atoms with van der Waals surface area (Å²) in [5, 5.41) is 0.424. The van der Waals surface area contributed by atoms with Crippen molar-refractivity contribution in [2.75, 3.05) is 20.4 Å². The average Bonchev–Trinajstić information content (AvgIpc) is 2.49. The normalized spacial score (nSPS) is 21.3. The van der Waals surface area contributed by atoms with Crippen molar-refractivity contribution in [2.45, 2.75) is 0 Å². The highest BCUT2D eigenvalue weighted by molar-refractivity contribution is 8.85. The summed E-state index contributed by atoms with van der Waals surface area (Å²) >= 11 is 7.49. The van der Waals surface area contributed by atoms with Crippen molar-refractivity contribution in [3.63, 3.8) is 0 Å². The molecule has 1 aliphatic heterocycles. The zero-order valence-corrected chi connectivity index (χ0v) is 13.7. The van der Waals surface area contributed by atoms with Crippen LogP contribution in [0.2, 0.25) is 0 Å². The molecule has 0 aromatic heterocycles. The van der Waals surface area contributed by atoms with Gasteiger partial charge in [0.15, 0.2) is 9.80 Å². The van der Waals surface area contributed by atoms with Gasteiger partial charge in [-0.15, -0.1) is 11.8 Å². The van der Waals surface area contributed by atoms with Gasteiger partial charge in [-0.05, 0) is 29.3 Å². The minimum Gasteiger partial charge on any atom is -0.383 e. The summed E-state index contributed by atoms with van der Waals surface area (Å²) in [7, 11) is -0.952. The Hall–Kier alpha value is 0.620. The Labute approximate surface area is 123 Å². The van der Waals surface area contributed by atoms with Crippen molar-refractivity contribution in [1.82, 2.24) is 4.90 Å². The lowest BCUT2D eigenvalue weighted by molar-refractivity contribution is -1.91. The molecule has 0 fully saturated rings. The van der Waals surface area contributed by atoms with Crippen LogP contribution < -0.4 is 14.0 Å². The summed E-state index contributed by atoms with van der Waals surface area (Å²) in [5.41, 5.74) is 0. The third-order valence-electron chi connectivity index (χ3n) is 1.57. The third-order valence-corrected chi connectivity index (χ3v) is 8.18. The molecular formula is C8H11Cl2NO4S3. The van der Waals surface area contributed by atoms with E-state index in [1.807, 2.05) is 20.4 Å². The van der Waals surface area contributed by atoms with Gasteiger partial charge in [-0.1, -0.05) is 11.6 Å². The van der Waals surface area contributed by atoms with Gasteiger partial charge >= 0.3 is 0 Å². The Morgan fingerprint density at radius 2 is 2.06 bits per heavy atom. The summed E-state index contributed by atoms with van der Waals surface area (Å²) in [5.74, 6) is 0. The molecule has 1 rings (SSSR count). The van der Waals surface area contributed by atoms with Crippen molar-refractivity contribution in [1.29, 1.82) is 0 Å². The smallest absolute Gasteiger partial charge is 0.181 e.